The molecular weight excluding hydrogens is 450 g/mol. The lowest BCUT2D eigenvalue weighted by Crippen LogP contribution is -2.47. The van der Waals surface area contributed by atoms with Crippen LogP contribution in [-0.2, 0) is 38.1 Å². The van der Waals surface area contributed by atoms with Crippen molar-refractivity contribution in [1.29, 1.82) is 0 Å². The quantitative estimate of drug-likeness (QED) is 0.171. The van der Waals surface area contributed by atoms with Crippen molar-refractivity contribution in [2.75, 3.05) is 79.2 Å². The van der Waals surface area contributed by atoms with Gasteiger partial charge in [-0.05, 0) is 20.3 Å². The molecule has 0 aromatic carbocycles. The van der Waals surface area contributed by atoms with E-state index in [1.54, 1.807) is 6.92 Å². The highest BCUT2D eigenvalue weighted by Gasteiger charge is 2.39. The number of aliphatic hydroxyl groups excluding tert-OH is 1. The Bertz CT molecular complexity index is 592. The van der Waals surface area contributed by atoms with Gasteiger partial charge in [-0.1, -0.05) is 0 Å². The number of hydrogen-bond donors (Lipinski definition) is 3. The third kappa shape index (κ3) is 13.3. The minimum atomic E-state index is -0.693. The van der Waals surface area contributed by atoms with Crippen molar-refractivity contribution in [3.63, 3.8) is 0 Å². The summed E-state index contributed by atoms with van der Waals surface area (Å²) < 4.78 is 26.5. The van der Waals surface area contributed by atoms with E-state index >= 15 is 0 Å². The van der Waals surface area contributed by atoms with Gasteiger partial charge in [0.25, 0.3) is 0 Å². The standard InChI is InChI=1S/C22H41N3O9/c1-17(23)22(29)25-16-19(15-20(25)18(2)27)24-21(28)3-5-30-7-9-32-11-13-34-14-12-33-10-8-31-6-4-26/h17,19-20,26H,3-16,23H2,1-2H3,(H,24,28). The average molecular weight is 492 g/mol. The molecule has 0 radical (unpaired) electrons. The van der Waals surface area contributed by atoms with Gasteiger partial charge >= 0.3 is 0 Å². The van der Waals surface area contributed by atoms with E-state index in [9.17, 15) is 14.4 Å². The summed E-state index contributed by atoms with van der Waals surface area (Å²) in [5.74, 6) is -0.605. The highest BCUT2D eigenvalue weighted by molar-refractivity contribution is 5.90. The molecule has 3 unspecified atom stereocenters. The summed E-state index contributed by atoms with van der Waals surface area (Å²) in [5, 5.41) is 11.4. The molecule has 1 saturated heterocycles. The maximum absolute atomic E-state index is 12.2. The summed E-state index contributed by atoms with van der Waals surface area (Å²) in [6, 6.07) is -1.52. The molecule has 0 aromatic heterocycles. The number of ketones is 1. The Morgan fingerprint density at radius 1 is 0.912 bits per heavy atom. The van der Waals surface area contributed by atoms with Crippen molar-refractivity contribution >= 4 is 17.6 Å². The van der Waals surface area contributed by atoms with Gasteiger partial charge in [0.1, 0.15) is 0 Å². The van der Waals surface area contributed by atoms with E-state index < -0.39 is 12.1 Å². The summed E-state index contributed by atoms with van der Waals surface area (Å²) in [4.78, 5) is 37.7. The van der Waals surface area contributed by atoms with Crippen molar-refractivity contribution < 1.29 is 43.2 Å². The van der Waals surface area contributed by atoms with Crippen LogP contribution >= 0.6 is 0 Å². The topological polar surface area (TPSA) is 159 Å². The lowest BCUT2D eigenvalue weighted by atomic mass is 10.1. The first-order chi connectivity index (χ1) is 16.4. The highest BCUT2D eigenvalue weighted by Crippen LogP contribution is 2.19. The zero-order valence-electron chi connectivity index (χ0n) is 20.4. The van der Waals surface area contributed by atoms with Gasteiger partial charge in [0.15, 0.2) is 5.78 Å². The maximum atomic E-state index is 12.2. The number of ether oxygens (including phenoxy) is 5. The average Bonchev–Trinajstić information content (AvgIpc) is 3.22. The molecule has 0 bridgehead atoms. The molecule has 1 rings (SSSR count). The van der Waals surface area contributed by atoms with E-state index in [0.29, 0.717) is 65.9 Å². The van der Waals surface area contributed by atoms with Gasteiger partial charge < -0.3 is 44.7 Å². The number of carbonyl (C=O) groups excluding carboxylic acids is 3. The fourth-order valence-corrected chi connectivity index (χ4v) is 3.34. The lowest BCUT2D eigenvalue weighted by Gasteiger charge is -2.24. The number of amides is 2. The van der Waals surface area contributed by atoms with Crippen LogP contribution in [0.15, 0.2) is 0 Å². The summed E-state index contributed by atoms with van der Waals surface area (Å²) in [6.07, 6.45) is 0.568. The van der Waals surface area contributed by atoms with Gasteiger partial charge in [-0.2, -0.15) is 0 Å². The summed E-state index contributed by atoms with van der Waals surface area (Å²) >= 11 is 0. The molecule has 0 saturated carbocycles. The Labute approximate surface area is 201 Å². The Kier molecular flexibility index (Phi) is 16.6. The predicted octanol–water partition coefficient (Wildman–Crippen LogP) is -1.53. The number of carbonyl (C=O) groups is 3. The summed E-state index contributed by atoms with van der Waals surface area (Å²) in [7, 11) is 0. The van der Waals surface area contributed by atoms with Crippen molar-refractivity contribution in [3.8, 4) is 0 Å². The van der Waals surface area contributed by atoms with Crippen LogP contribution in [0.5, 0.6) is 0 Å². The van der Waals surface area contributed by atoms with Gasteiger partial charge in [0.05, 0.1) is 84.8 Å². The summed E-state index contributed by atoms with van der Waals surface area (Å²) in [6.45, 7) is 7.30. The van der Waals surface area contributed by atoms with Crippen molar-refractivity contribution in [2.45, 2.75) is 44.8 Å². The second kappa shape index (κ2) is 18.6. The van der Waals surface area contributed by atoms with Crippen molar-refractivity contribution in [1.82, 2.24) is 10.2 Å². The molecule has 4 N–H and O–H groups in total. The van der Waals surface area contributed by atoms with E-state index in [1.165, 1.54) is 11.8 Å². The SMILES string of the molecule is CC(=O)C1CC(NC(=O)CCOCCOCCOCCOCCOCCO)CN1C(=O)C(C)N. The van der Waals surface area contributed by atoms with Gasteiger partial charge in [-0.15, -0.1) is 0 Å². The smallest absolute Gasteiger partial charge is 0.239 e. The molecule has 0 aromatic rings. The van der Waals surface area contributed by atoms with Crippen LogP contribution in [0.3, 0.4) is 0 Å². The van der Waals surface area contributed by atoms with Crippen LogP contribution < -0.4 is 11.1 Å². The van der Waals surface area contributed by atoms with Crippen LogP contribution in [0, 0.1) is 0 Å². The lowest BCUT2D eigenvalue weighted by molar-refractivity contribution is -0.137. The normalized spacial score (nSPS) is 18.8. The molecule has 198 valence electrons. The Morgan fingerprint density at radius 2 is 1.38 bits per heavy atom. The van der Waals surface area contributed by atoms with Crippen molar-refractivity contribution in [2.24, 2.45) is 5.73 Å². The third-order valence-corrected chi connectivity index (χ3v) is 5.01. The fourth-order valence-electron chi connectivity index (χ4n) is 3.34. The van der Waals surface area contributed by atoms with Crippen molar-refractivity contribution in [3.05, 3.63) is 0 Å². The number of nitrogens with zero attached hydrogens (tertiary/aromatic N) is 1. The molecule has 1 aliphatic rings. The van der Waals surface area contributed by atoms with Crippen LogP contribution in [0.1, 0.15) is 26.7 Å². The maximum Gasteiger partial charge on any atom is 0.239 e. The van der Waals surface area contributed by atoms with Crippen LogP contribution in [0.25, 0.3) is 0 Å². The second-order valence-electron chi connectivity index (χ2n) is 7.94. The first kappa shape index (κ1) is 30.4. The largest absolute Gasteiger partial charge is 0.394 e. The van der Waals surface area contributed by atoms with Crippen LogP contribution in [0.4, 0.5) is 0 Å². The molecule has 1 heterocycles. The first-order valence-electron chi connectivity index (χ1n) is 11.7. The molecule has 12 heteroatoms. The highest BCUT2D eigenvalue weighted by atomic mass is 16.6. The number of nitrogens with two attached hydrogens (primary N) is 1. The molecular formula is C22H41N3O9. The Balaban J connectivity index is 1.98. The third-order valence-electron chi connectivity index (χ3n) is 5.01. The number of nitrogens with one attached hydrogen (secondary N) is 1. The Hall–Kier alpha value is -1.67. The van der Waals surface area contributed by atoms with E-state index in [1.807, 2.05) is 0 Å². The number of rotatable bonds is 20. The zero-order chi connectivity index (χ0) is 25.2. The summed E-state index contributed by atoms with van der Waals surface area (Å²) in [5.41, 5.74) is 5.66. The van der Waals surface area contributed by atoms with E-state index in [0.717, 1.165) is 0 Å². The van der Waals surface area contributed by atoms with Gasteiger partial charge in [0.2, 0.25) is 11.8 Å². The van der Waals surface area contributed by atoms with E-state index in [2.05, 4.69) is 5.32 Å². The van der Waals surface area contributed by atoms with Gasteiger partial charge in [0, 0.05) is 19.0 Å². The number of likely N-dealkylation sites (tertiary alicyclic amines) is 1. The monoisotopic (exact) mass is 491 g/mol. The number of aliphatic hydroxyl groups is 1. The predicted molar refractivity (Wildman–Crippen MR) is 122 cm³/mol. The molecule has 34 heavy (non-hydrogen) atoms. The number of hydrogen-bond acceptors (Lipinski definition) is 10. The van der Waals surface area contributed by atoms with E-state index in [4.69, 9.17) is 34.5 Å². The first-order valence-corrected chi connectivity index (χ1v) is 11.7. The molecule has 1 fully saturated rings. The molecule has 0 aliphatic carbocycles. The fraction of sp³-hybridized carbons (Fsp3) is 0.864. The molecule has 0 spiro atoms. The number of Topliss-reactive ketones (excluding diaryl/α,β-unsaturated/α-hetero) is 1. The van der Waals surface area contributed by atoms with Crippen LogP contribution in [0.2, 0.25) is 0 Å². The minimum Gasteiger partial charge on any atom is -0.394 e. The van der Waals surface area contributed by atoms with Crippen LogP contribution in [-0.4, -0.2) is 125 Å². The Morgan fingerprint density at radius 3 is 1.82 bits per heavy atom. The van der Waals surface area contributed by atoms with E-state index in [-0.39, 0.29) is 49.8 Å². The van der Waals surface area contributed by atoms with Gasteiger partial charge in [-0.25, -0.2) is 0 Å². The van der Waals surface area contributed by atoms with Gasteiger partial charge in [-0.3, -0.25) is 14.4 Å². The molecule has 2 amide bonds. The molecule has 12 nitrogen and oxygen atoms in total. The molecule has 1 aliphatic heterocycles. The molecule has 3 atom stereocenters. The second-order valence-corrected chi connectivity index (χ2v) is 7.94. The minimum absolute atomic E-state index is 0.00586. The zero-order valence-corrected chi connectivity index (χ0v) is 20.4.